The number of ether oxygens (including phenoxy) is 1. The van der Waals surface area contributed by atoms with Gasteiger partial charge in [-0.1, -0.05) is 49.9 Å². The molecule has 2 atom stereocenters. The molecule has 146 valence electrons. The van der Waals surface area contributed by atoms with Crippen molar-refractivity contribution in [2.24, 2.45) is 5.92 Å². The number of benzene rings is 2. The van der Waals surface area contributed by atoms with Crippen LogP contribution in [0.4, 0.5) is 0 Å². The summed E-state index contributed by atoms with van der Waals surface area (Å²) < 4.78 is 7.27. The van der Waals surface area contributed by atoms with Crippen molar-refractivity contribution in [3.8, 4) is 5.69 Å². The Kier molecular flexibility index (Phi) is 5.83. The molecule has 28 heavy (non-hydrogen) atoms. The molecule has 0 N–H and O–H groups in total. The summed E-state index contributed by atoms with van der Waals surface area (Å²) in [7, 11) is 0. The molecule has 4 nitrogen and oxygen atoms in total. The first-order valence-corrected chi connectivity index (χ1v) is 11.0. The number of para-hydroxylation sites is 1. The molecule has 0 saturated carbocycles. The molecule has 1 fully saturated rings. The van der Waals surface area contributed by atoms with Crippen molar-refractivity contribution in [3.63, 3.8) is 0 Å². The Hall–Kier alpha value is -2.11. The summed E-state index contributed by atoms with van der Waals surface area (Å²) in [6.45, 7) is 6.05. The van der Waals surface area contributed by atoms with Crippen LogP contribution in [0.2, 0.25) is 0 Å². The number of thioether (sulfide) groups is 1. The Morgan fingerprint density at radius 2 is 2.00 bits per heavy atom. The van der Waals surface area contributed by atoms with Crippen LogP contribution in [0.25, 0.3) is 16.6 Å². The molecule has 2 unspecified atom stereocenters. The Morgan fingerprint density at radius 1 is 1.21 bits per heavy atom. The van der Waals surface area contributed by atoms with Gasteiger partial charge in [0.05, 0.1) is 23.2 Å². The highest BCUT2D eigenvalue weighted by Gasteiger charge is 2.19. The number of rotatable bonds is 6. The van der Waals surface area contributed by atoms with Crippen molar-refractivity contribution < 1.29 is 4.74 Å². The maximum absolute atomic E-state index is 13.3. The van der Waals surface area contributed by atoms with Gasteiger partial charge in [0.15, 0.2) is 5.16 Å². The van der Waals surface area contributed by atoms with E-state index in [1.807, 2.05) is 36.4 Å². The largest absolute Gasteiger partial charge is 0.381 e. The van der Waals surface area contributed by atoms with Crippen LogP contribution >= 0.6 is 11.8 Å². The smallest absolute Gasteiger partial charge is 0.266 e. The van der Waals surface area contributed by atoms with E-state index < -0.39 is 0 Å². The molecule has 0 spiro atoms. The van der Waals surface area contributed by atoms with E-state index in [0.717, 1.165) is 48.2 Å². The molecule has 1 aromatic heterocycles. The third kappa shape index (κ3) is 3.87. The van der Waals surface area contributed by atoms with Crippen molar-refractivity contribution in [2.75, 3.05) is 19.0 Å². The predicted octanol–water partition coefficient (Wildman–Crippen LogP) is 5.03. The minimum atomic E-state index is -0.00735. The van der Waals surface area contributed by atoms with Crippen LogP contribution in [0.15, 0.2) is 58.5 Å². The van der Waals surface area contributed by atoms with Crippen LogP contribution < -0.4 is 5.56 Å². The van der Waals surface area contributed by atoms with Gasteiger partial charge in [-0.15, -0.1) is 0 Å². The third-order valence-electron chi connectivity index (χ3n) is 5.55. The molecule has 4 rings (SSSR count). The van der Waals surface area contributed by atoms with Crippen LogP contribution in [0.1, 0.15) is 38.2 Å². The van der Waals surface area contributed by atoms with Gasteiger partial charge in [0.2, 0.25) is 0 Å². The second-order valence-corrected chi connectivity index (χ2v) is 8.48. The lowest BCUT2D eigenvalue weighted by Crippen LogP contribution is -2.22. The van der Waals surface area contributed by atoms with Gasteiger partial charge in [-0.05, 0) is 54.5 Å². The number of fused-ring (bicyclic) bond motifs is 1. The number of hydrogen-bond acceptors (Lipinski definition) is 4. The van der Waals surface area contributed by atoms with Crippen LogP contribution in [-0.2, 0) is 4.74 Å². The van der Waals surface area contributed by atoms with E-state index in [1.54, 1.807) is 16.3 Å². The lowest BCUT2D eigenvalue weighted by Gasteiger charge is -2.16. The van der Waals surface area contributed by atoms with E-state index in [0.29, 0.717) is 17.2 Å². The monoisotopic (exact) mass is 394 g/mol. The van der Waals surface area contributed by atoms with Crippen LogP contribution in [-0.4, -0.2) is 28.5 Å². The molecular weight excluding hydrogens is 368 g/mol. The maximum Gasteiger partial charge on any atom is 0.266 e. The summed E-state index contributed by atoms with van der Waals surface area (Å²) in [5.41, 5.74) is 2.92. The summed E-state index contributed by atoms with van der Waals surface area (Å²) in [5.74, 6) is 1.95. The average molecular weight is 395 g/mol. The van der Waals surface area contributed by atoms with Gasteiger partial charge in [0.25, 0.3) is 5.56 Å². The van der Waals surface area contributed by atoms with Crippen molar-refractivity contribution in [2.45, 2.75) is 37.8 Å². The number of hydrogen-bond donors (Lipinski definition) is 0. The Labute approximate surface area is 169 Å². The quantitative estimate of drug-likeness (QED) is 0.435. The van der Waals surface area contributed by atoms with Crippen LogP contribution in [0.3, 0.4) is 0 Å². The highest BCUT2D eigenvalue weighted by atomic mass is 32.2. The first-order chi connectivity index (χ1) is 13.7. The van der Waals surface area contributed by atoms with Crippen LogP contribution in [0, 0.1) is 5.92 Å². The molecule has 0 bridgehead atoms. The molecule has 3 aromatic rings. The summed E-state index contributed by atoms with van der Waals surface area (Å²) >= 11 is 1.66. The van der Waals surface area contributed by atoms with E-state index in [2.05, 4.69) is 26.0 Å². The summed E-state index contributed by atoms with van der Waals surface area (Å²) in [6.07, 6.45) is 2.18. The Bertz CT molecular complexity index is 1010. The molecule has 2 heterocycles. The van der Waals surface area contributed by atoms with E-state index in [9.17, 15) is 4.79 Å². The highest BCUT2D eigenvalue weighted by molar-refractivity contribution is 7.99. The second kappa shape index (κ2) is 8.50. The minimum absolute atomic E-state index is 0.00735. The molecule has 0 aliphatic carbocycles. The van der Waals surface area contributed by atoms with Gasteiger partial charge in [0.1, 0.15) is 0 Å². The highest BCUT2D eigenvalue weighted by Crippen LogP contribution is 2.27. The molecule has 1 aliphatic heterocycles. The lowest BCUT2D eigenvalue weighted by atomic mass is 9.98. The Morgan fingerprint density at radius 3 is 2.71 bits per heavy atom. The number of aromatic nitrogens is 2. The van der Waals surface area contributed by atoms with Crippen LogP contribution in [0.5, 0.6) is 0 Å². The molecule has 0 amide bonds. The zero-order chi connectivity index (χ0) is 19.5. The van der Waals surface area contributed by atoms with E-state index in [4.69, 9.17) is 9.72 Å². The van der Waals surface area contributed by atoms with Crippen molar-refractivity contribution in [1.82, 2.24) is 9.55 Å². The van der Waals surface area contributed by atoms with E-state index in [1.165, 1.54) is 5.56 Å². The average Bonchev–Trinajstić information content (AvgIpc) is 3.26. The fraction of sp³-hybridized carbons (Fsp3) is 0.391. The Balaban J connectivity index is 1.76. The normalized spacial score (nSPS) is 17.9. The fourth-order valence-electron chi connectivity index (χ4n) is 3.53. The third-order valence-corrected chi connectivity index (χ3v) is 6.72. The van der Waals surface area contributed by atoms with Gasteiger partial charge in [-0.2, -0.15) is 0 Å². The zero-order valence-corrected chi connectivity index (χ0v) is 17.2. The SMILES string of the molecule is CCC(C)c1ccc(-n2c(SCC3CCOC3)nc3ccccc3c2=O)cc1. The molecule has 2 aromatic carbocycles. The molecule has 1 aliphatic rings. The van der Waals surface area contributed by atoms with Gasteiger partial charge < -0.3 is 4.74 Å². The van der Waals surface area contributed by atoms with E-state index >= 15 is 0 Å². The number of nitrogens with zero attached hydrogens (tertiary/aromatic N) is 2. The lowest BCUT2D eigenvalue weighted by molar-refractivity contribution is 0.189. The topological polar surface area (TPSA) is 44.1 Å². The summed E-state index contributed by atoms with van der Waals surface area (Å²) in [4.78, 5) is 18.1. The molecule has 5 heteroatoms. The zero-order valence-electron chi connectivity index (χ0n) is 16.4. The first kappa shape index (κ1) is 19.2. The van der Waals surface area contributed by atoms with Gasteiger partial charge in [-0.3, -0.25) is 9.36 Å². The fourth-order valence-corrected chi connectivity index (χ4v) is 4.66. The summed E-state index contributed by atoms with van der Waals surface area (Å²) in [5, 5.41) is 1.41. The first-order valence-electron chi connectivity index (χ1n) is 10.00. The molecular formula is C23H26N2O2S. The van der Waals surface area contributed by atoms with Crippen molar-refractivity contribution in [1.29, 1.82) is 0 Å². The van der Waals surface area contributed by atoms with Crippen molar-refractivity contribution in [3.05, 3.63) is 64.4 Å². The predicted molar refractivity (Wildman–Crippen MR) is 116 cm³/mol. The standard InChI is InChI=1S/C23H26N2O2S/c1-3-16(2)18-8-10-19(11-9-18)25-22(26)20-6-4-5-7-21(20)24-23(25)28-15-17-12-13-27-14-17/h4-11,16-17H,3,12-15H2,1-2H3. The van der Waals surface area contributed by atoms with Gasteiger partial charge in [-0.25, -0.2) is 4.98 Å². The summed E-state index contributed by atoms with van der Waals surface area (Å²) in [6, 6.07) is 15.9. The van der Waals surface area contributed by atoms with Gasteiger partial charge in [0, 0.05) is 12.4 Å². The van der Waals surface area contributed by atoms with E-state index in [-0.39, 0.29) is 5.56 Å². The van der Waals surface area contributed by atoms with Gasteiger partial charge >= 0.3 is 0 Å². The molecule has 1 saturated heterocycles. The van der Waals surface area contributed by atoms with Crippen molar-refractivity contribution >= 4 is 22.7 Å². The molecule has 0 radical (unpaired) electrons. The maximum atomic E-state index is 13.3. The minimum Gasteiger partial charge on any atom is -0.381 e. The second-order valence-electron chi connectivity index (χ2n) is 7.49.